The van der Waals surface area contributed by atoms with E-state index in [1.807, 2.05) is 0 Å². The van der Waals surface area contributed by atoms with Gasteiger partial charge in [0.25, 0.3) is 5.56 Å². The van der Waals surface area contributed by atoms with Gasteiger partial charge in [0, 0.05) is 51.0 Å². The number of benzene rings is 1. The zero-order valence-corrected chi connectivity index (χ0v) is 16.5. The van der Waals surface area contributed by atoms with Gasteiger partial charge in [-0.25, -0.2) is 9.78 Å². The van der Waals surface area contributed by atoms with Crippen molar-refractivity contribution in [2.75, 3.05) is 39.3 Å². The van der Waals surface area contributed by atoms with E-state index in [9.17, 15) is 22.8 Å². The van der Waals surface area contributed by atoms with E-state index in [4.69, 9.17) is 4.74 Å². The van der Waals surface area contributed by atoms with Crippen LogP contribution >= 0.6 is 0 Å². The van der Waals surface area contributed by atoms with E-state index in [-0.39, 0.29) is 16.6 Å². The number of fused-ring (bicyclic) bond motifs is 1. The van der Waals surface area contributed by atoms with Gasteiger partial charge >= 0.3 is 11.9 Å². The summed E-state index contributed by atoms with van der Waals surface area (Å²) >= 11 is 0. The Labute approximate surface area is 173 Å². The SMILES string of the molecule is O=c1[nH]cc(CN2CCN(CCOc3cccc4[nH]c(C(F)(F)F)nc34)CC2)c(=O)[nH]1. The molecule has 3 N–H and O–H groups in total. The van der Waals surface area contributed by atoms with E-state index in [2.05, 4.69) is 29.7 Å². The standard InChI is InChI=1S/C19H21F3N6O3/c20-19(21,22)17-24-13-2-1-3-14(15(13)25-17)31-9-8-27-4-6-28(7-5-27)11-12-10-23-18(30)26-16(12)29/h1-3,10H,4-9,11H2,(H,24,25)(H2,23,26,29,30). The van der Waals surface area contributed by atoms with Crippen molar-refractivity contribution in [3.8, 4) is 5.75 Å². The normalized spacial score (nSPS) is 16.1. The fraction of sp³-hybridized carbons (Fsp3) is 0.421. The van der Waals surface area contributed by atoms with E-state index in [0.717, 1.165) is 26.2 Å². The molecule has 0 aliphatic carbocycles. The van der Waals surface area contributed by atoms with Crippen LogP contribution in [-0.2, 0) is 12.7 Å². The summed E-state index contributed by atoms with van der Waals surface area (Å²) in [5.74, 6) is -0.740. The Bertz CT molecular complexity index is 1160. The molecule has 1 fully saturated rings. The van der Waals surface area contributed by atoms with Crippen LogP contribution in [0, 0.1) is 0 Å². The average Bonchev–Trinajstić information content (AvgIpc) is 3.17. The lowest BCUT2D eigenvalue weighted by Crippen LogP contribution is -2.47. The first-order chi connectivity index (χ1) is 14.8. The molecule has 4 rings (SSSR count). The predicted molar refractivity (Wildman–Crippen MR) is 106 cm³/mol. The number of nitrogens with one attached hydrogen (secondary N) is 3. The summed E-state index contributed by atoms with van der Waals surface area (Å²) in [5, 5.41) is 0. The Hall–Kier alpha value is -3.12. The third kappa shape index (κ3) is 4.97. The van der Waals surface area contributed by atoms with Crippen LogP contribution in [0.2, 0.25) is 0 Å². The number of aromatic amines is 3. The summed E-state index contributed by atoms with van der Waals surface area (Å²) in [6, 6.07) is 4.74. The summed E-state index contributed by atoms with van der Waals surface area (Å²) in [4.78, 5) is 37.8. The molecule has 0 radical (unpaired) electrons. The Balaban J connectivity index is 1.28. The maximum Gasteiger partial charge on any atom is 0.449 e. The third-order valence-corrected chi connectivity index (χ3v) is 5.16. The lowest BCUT2D eigenvalue weighted by Gasteiger charge is -2.34. The van der Waals surface area contributed by atoms with Gasteiger partial charge < -0.3 is 14.7 Å². The van der Waals surface area contributed by atoms with Crippen molar-refractivity contribution in [1.29, 1.82) is 0 Å². The minimum atomic E-state index is -4.55. The first-order valence-corrected chi connectivity index (χ1v) is 9.74. The van der Waals surface area contributed by atoms with Crippen molar-refractivity contribution in [3.05, 3.63) is 56.6 Å². The van der Waals surface area contributed by atoms with Gasteiger partial charge in [-0.15, -0.1) is 0 Å². The molecule has 166 valence electrons. The van der Waals surface area contributed by atoms with Crippen molar-refractivity contribution in [1.82, 2.24) is 29.7 Å². The predicted octanol–water partition coefficient (Wildman–Crippen LogP) is 1.15. The van der Waals surface area contributed by atoms with Gasteiger partial charge in [-0.1, -0.05) is 6.07 Å². The van der Waals surface area contributed by atoms with E-state index in [0.29, 0.717) is 31.0 Å². The molecule has 12 heteroatoms. The summed E-state index contributed by atoms with van der Waals surface area (Å²) in [6.07, 6.45) is -3.11. The van der Waals surface area contributed by atoms with Gasteiger partial charge in [0.05, 0.1) is 5.52 Å². The van der Waals surface area contributed by atoms with E-state index in [1.54, 1.807) is 12.1 Å². The highest BCUT2D eigenvalue weighted by Crippen LogP contribution is 2.31. The van der Waals surface area contributed by atoms with Crippen molar-refractivity contribution in [2.24, 2.45) is 0 Å². The molecule has 2 aromatic heterocycles. The summed E-state index contributed by atoms with van der Waals surface area (Å²) in [5.41, 5.74) is 0.0164. The minimum Gasteiger partial charge on any atom is -0.490 e. The fourth-order valence-electron chi connectivity index (χ4n) is 3.51. The number of nitrogens with zero attached hydrogens (tertiary/aromatic N) is 3. The van der Waals surface area contributed by atoms with Gasteiger partial charge in [0.1, 0.15) is 17.9 Å². The second-order valence-corrected chi connectivity index (χ2v) is 7.30. The Morgan fingerprint density at radius 2 is 1.81 bits per heavy atom. The summed E-state index contributed by atoms with van der Waals surface area (Å²) in [6.45, 7) is 4.36. The van der Waals surface area contributed by atoms with Gasteiger partial charge in [-0.05, 0) is 12.1 Å². The molecular weight excluding hydrogens is 417 g/mol. The third-order valence-electron chi connectivity index (χ3n) is 5.16. The van der Waals surface area contributed by atoms with E-state index in [1.165, 1.54) is 12.3 Å². The highest BCUT2D eigenvalue weighted by molar-refractivity contribution is 5.81. The number of hydrogen-bond acceptors (Lipinski definition) is 6. The van der Waals surface area contributed by atoms with Gasteiger partial charge in [-0.2, -0.15) is 13.2 Å². The molecule has 3 heterocycles. The highest BCUT2D eigenvalue weighted by Gasteiger charge is 2.35. The fourth-order valence-corrected chi connectivity index (χ4v) is 3.51. The number of imidazole rings is 1. The number of halogens is 3. The van der Waals surface area contributed by atoms with E-state index < -0.39 is 17.7 Å². The zero-order valence-electron chi connectivity index (χ0n) is 16.5. The molecule has 1 aliphatic heterocycles. The molecule has 31 heavy (non-hydrogen) atoms. The topological polar surface area (TPSA) is 110 Å². The van der Waals surface area contributed by atoms with Crippen LogP contribution in [0.3, 0.4) is 0 Å². The highest BCUT2D eigenvalue weighted by atomic mass is 19.4. The molecule has 0 atom stereocenters. The van der Waals surface area contributed by atoms with Crippen molar-refractivity contribution in [3.63, 3.8) is 0 Å². The van der Waals surface area contributed by atoms with Gasteiger partial charge in [0.15, 0.2) is 0 Å². The molecule has 0 unspecified atom stereocenters. The molecule has 1 saturated heterocycles. The Kier molecular flexibility index (Phi) is 5.83. The van der Waals surface area contributed by atoms with Crippen LogP contribution in [0.5, 0.6) is 5.75 Å². The molecule has 9 nitrogen and oxygen atoms in total. The molecule has 0 saturated carbocycles. The summed E-state index contributed by atoms with van der Waals surface area (Å²) < 4.78 is 44.4. The van der Waals surface area contributed by atoms with E-state index >= 15 is 0 Å². The van der Waals surface area contributed by atoms with Crippen LogP contribution < -0.4 is 16.0 Å². The monoisotopic (exact) mass is 438 g/mol. The van der Waals surface area contributed by atoms with Crippen LogP contribution in [0.25, 0.3) is 11.0 Å². The number of alkyl halides is 3. The second-order valence-electron chi connectivity index (χ2n) is 7.30. The Morgan fingerprint density at radius 1 is 1.06 bits per heavy atom. The smallest absolute Gasteiger partial charge is 0.449 e. The maximum absolute atomic E-state index is 12.9. The average molecular weight is 438 g/mol. The van der Waals surface area contributed by atoms with Crippen LogP contribution in [0.15, 0.2) is 34.0 Å². The first-order valence-electron chi connectivity index (χ1n) is 9.74. The number of H-pyrrole nitrogens is 3. The number of hydrogen-bond donors (Lipinski definition) is 3. The summed E-state index contributed by atoms with van der Waals surface area (Å²) in [7, 11) is 0. The first kappa shape index (κ1) is 21.1. The molecule has 0 amide bonds. The molecule has 3 aromatic rings. The van der Waals surface area contributed by atoms with Crippen LogP contribution in [-0.4, -0.2) is 69.1 Å². The molecule has 1 aromatic carbocycles. The van der Waals surface area contributed by atoms with Crippen molar-refractivity contribution >= 4 is 11.0 Å². The Morgan fingerprint density at radius 3 is 2.52 bits per heavy atom. The number of para-hydroxylation sites is 1. The largest absolute Gasteiger partial charge is 0.490 e. The minimum absolute atomic E-state index is 0.158. The zero-order chi connectivity index (χ0) is 22.0. The van der Waals surface area contributed by atoms with Crippen LogP contribution in [0.1, 0.15) is 11.4 Å². The quantitative estimate of drug-likeness (QED) is 0.533. The van der Waals surface area contributed by atoms with Crippen LogP contribution in [0.4, 0.5) is 13.2 Å². The lowest BCUT2D eigenvalue weighted by atomic mass is 10.2. The molecule has 1 aliphatic rings. The maximum atomic E-state index is 12.9. The number of piperazine rings is 1. The second kappa shape index (κ2) is 8.55. The van der Waals surface area contributed by atoms with Gasteiger partial charge in [-0.3, -0.25) is 19.6 Å². The molecule has 0 spiro atoms. The lowest BCUT2D eigenvalue weighted by molar-refractivity contribution is -0.144. The van der Waals surface area contributed by atoms with Crippen molar-refractivity contribution < 1.29 is 17.9 Å². The number of ether oxygens (including phenoxy) is 1. The molecular formula is C19H21F3N6O3. The number of aromatic nitrogens is 4. The number of rotatable bonds is 6. The van der Waals surface area contributed by atoms with Crippen molar-refractivity contribution in [2.45, 2.75) is 12.7 Å². The molecule has 0 bridgehead atoms. The van der Waals surface area contributed by atoms with Gasteiger partial charge in [0.2, 0.25) is 5.82 Å².